The summed E-state index contributed by atoms with van der Waals surface area (Å²) in [5, 5.41) is 4.38. The third-order valence-corrected chi connectivity index (χ3v) is 3.81. The minimum atomic E-state index is 0.823. The largest absolute Gasteiger partial charge is 0.372 e. The molecule has 1 saturated heterocycles. The van der Waals surface area contributed by atoms with Crippen LogP contribution in [-0.2, 0) is 6.54 Å². The van der Waals surface area contributed by atoms with Crippen LogP contribution in [0, 0.1) is 0 Å². The Morgan fingerprint density at radius 2 is 1.95 bits per heavy atom. The average molecular weight is 255 g/mol. The summed E-state index contributed by atoms with van der Waals surface area (Å²) < 4.78 is 0. The first-order valence-corrected chi connectivity index (χ1v) is 7.16. The normalized spacial score (nSPS) is 15.9. The van der Waals surface area contributed by atoms with Crippen LogP contribution in [0.25, 0.3) is 10.9 Å². The Kier molecular flexibility index (Phi) is 3.65. The molecule has 19 heavy (non-hydrogen) atoms. The number of anilines is 1. The van der Waals surface area contributed by atoms with Gasteiger partial charge >= 0.3 is 0 Å². The summed E-state index contributed by atoms with van der Waals surface area (Å²) in [7, 11) is 1.95. The van der Waals surface area contributed by atoms with Gasteiger partial charge in [0.05, 0.1) is 11.2 Å². The van der Waals surface area contributed by atoms with E-state index in [1.807, 2.05) is 7.05 Å². The predicted molar refractivity (Wildman–Crippen MR) is 80.6 cm³/mol. The fraction of sp³-hybridized carbons (Fsp3) is 0.438. The molecule has 1 aromatic heterocycles. The highest BCUT2D eigenvalue weighted by atomic mass is 15.1. The van der Waals surface area contributed by atoms with Crippen molar-refractivity contribution in [1.29, 1.82) is 0 Å². The van der Waals surface area contributed by atoms with E-state index in [0.29, 0.717) is 0 Å². The van der Waals surface area contributed by atoms with Crippen LogP contribution in [0.15, 0.2) is 30.3 Å². The molecule has 0 saturated carbocycles. The van der Waals surface area contributed by atoms with Crippen molar-refractivity contribution < 1.29 is 0 Å². The summed E-state index contributed by atoms with van der Waals surface area (Å²) in [6, 6.07) is 10.9. The number of hydrogen-bond donors (Lipinski definition) is 1. The van der Waals surface area contributed by atoms with Crippen LogP contribution in [0.2, 0.25) is 0 Å². The SMILES string of the molecule is CNCc1ccc2cc(N3CCCCC3)ccc2n1. The van der Waals surface area contributed by atoms with Crippen molar-refractivity contribution >= 4 is 16.6 Å². The number of rotatable bonds is 3. The zero-order valence-corrected chi connectivity index (χ0v) is 11.5. The third kappa shape index (κ3) is 2.71. The Labute approximate surface area is 114 Å². The van der Waals surface area contributed by atoms with E-state index in [9.17, 15) is 0 Å². The molecule has 0 atom stereocenters. The van der Waals surface area contributed by atoms with Gasteiger partial charge in [-0.15, -0.1) is 0 Å². The number of hydrogen-bond acceptors (Lipinski definition) is 3. The van der Waals surface area contributed by atoms with Gasteiger partial charge in [0.15, 0.2) is 0 Å². The maximum absolute atomic E-state index is 4.67. The number of benzene rings is 1. The molecular weight excluding hydrogens is 234 g/mol. The van der Waals surface area contributed by atoms with Crippen LogP contribution < -0.4 is 10.2 Å². The quantitative estimate of drug-likeness (QED) is 0.914. The van der Waals surface area contributed by atoms with Crippen molar-refractivity contribution in [2.24, 2.45) is 0 Å². The van der Waals surface area contributed by atoms with Crippen LogP contribution in [-0.4, -0.2) is 25.1 Å². The first kappa shape index (κ1) is 12.4. The Balaban J connectivity index is 1.90. The molecule has 1 N–H and O–H groups in total. The van der Waals surface area contributed by atoms with Gasteiger partial charge in [-0.1, -0.05) is 6.07 Å². The van der Waals surface area contributed by atoms with Gasteiger partial charge in [-0.3, -0.25) is 4.98 Å². The van der Waals surface area contributed by atoms with Gasteiger partial charge in [-0.25, -0.2) is 0 Å². The van der Waals surface area contributed by atoms with Crippen molar-refractivity contribution in [2.45, 2.75) is 25.8 Å². The lowest BCUT2D eigenvalue weighted by Crippen LogP contribution is -2.29. The van der Waals surface area contributed by atoms with Crippen LogP contribution in [0.3, 0.4) is 0 Å². The molecule has 2 aromatic rings. The van der Waals surface area contributed by atoms with E-state index in [2.05, 4.69) is 45.5 Å². The van der Waals surface area contributed by atoms with Crippen molar-refractivity contribution in [3.63, 3.8) is 0 Å². The highest BCUT2D eigenvalue weighted by molar-refractivity contribution is 5.82. The van der Waals surface area contributed by atoms with Gasteiger partial charge in [0, 0.05) is 30.7 Å². The van der Waals surface area contributed by atoms with Crippen molar-refractivity contribution in [3.8, 4) is 0 Å². The highest BCUT2D eigenvalue weighted by Crippen LogP contribution is 2.24. The molecule has 0 spiro atoms. The molecule has 1 fully saturated rings. The van der Waals surface area contributed by atoms with Gasteiger partial charge < -0.3 is 10.2 Å². The summed E-state index contributed by atoms with van der Waals surface area (Å²) in [4.78, 5) is 7.16. The molecule has 1 aliphatic heterocycles. The summed E-state index contributed by atoms with van der Waals surface area (Å²) >= 11 is 0. The van der Waals surface area contributed by atoms with E-state index in [1.54, 1.807) is 0 Å². The molecule has 0 unspecified atom stereocenters. The van der Waals surface area contributed by atoms with E-state index in [1.165, 1.54) is 43.4 Å². The fourth-order valence-corrected chi connectivity index (χ4v) is 2.78. The molecule has 0 amide bonds. The Morgan fingerprint density at radius 1 is 1.11 bits per heavy atom. The van der Waals surface area contributed by atoms with E-state index in [0.717, 1.165) is 17.8 Å². The molecule has 1 aromatic carbocycles. The van der Waals surface area contributed by atoms with E-state index < -0.39 is 0 Å². The van der Waals surface area contributed by atoms with E-state index in [-0.39, 0.29) is 0 Å². The fourth-order valence-electron chi connectivity index (χ4n) is 2.78. The van der Waals surface area contributed by atoms with Gasteiger partial charge in [0.25, 0.3) is 0 Å². The zero-order chi connectivity index (χ0) is 13.1. The summed E-state index contributed by atoms with van der Waals surface area (Å²) in [6.45, 7) is 3.21. The molecule has 2 heterocycles. The monoisotopic (exact) mass is 255 g/mol. The summed E-state index contributed by atoms with van der Waals surface area (Å²) in [6.07, 6.45) is 4.01. The molecule has 3 heteroatoms. The second-order valence-electron chi connectivity index (χ2n) is 5.26. The highest BCUT2D eigenvalue weighted by Gasteiger charge is 2.11. The van der Waals surface area contributed by atoms with Crippen LogP contribution in [0.4, 0.5) is 5.69 Å². The lowest BCUT2D eigenvalue weighted by molar-refractivity contribution is 0.578. The second-order valence-corrected chi connectivity index (χ2v) is 5.26. The van der Waals surface area contributed by atoms with E-state index >= 15 is 0 Å². The van der Waals surface area contributed by atoms with Crippen molar-refractivity contribution in [1.82, 2.24) is 10.3 Å². The van der Waals surface area contributed by atoms with Gasteiger partial charge in [0.1, 0.15) is 0 Å². The number of pyridine rings is 1. The molecule has 3 nitrogen and oxygen atoms in total. The number of nitrogens with one attached hydrogen (secondary N) is 1. The Morgan fingerprint density at radius 3 is 2.74 bits per heavy atom. The second kappa shape index (κ2) is 5.57. The molecule has 3 rings (SSSR count). The van der Waals surface area contributed by atoms with Gasteiger partial charge in [0.2, 0.25) is 0 Å². The summed E-state index contributed by atoms with van der Waals surface area (Å²) in [5.74, 6) is 0. The lowest BCUT2D eigenvalue weighted by Gasteiger charge is -2.29. The smallest absolute Gasteiger partial charge is 0.0707 e. The molecule has 0 bridgehead atoms. The zero-order valence-electron chi connectivity index (χ0n) is 11.5. The minimum absolute atomic E-state index is 0.823. The first-order valence-electron chi connectivity index (χ1n) is 7.16. The standard InChI is InChI=1S/C16H21N3/c1-17-12-14-6-5-13-11-15(7-8-16(13)18-14)19-9-3-2-4-10-19/h5-8,11,17H,2-4,9-10,12H2,1H3. The van der Waals surface area contributed by atoms with Crippen LogP contribution in [0.1, 0.15) is 25.0 Å². The first-order chi connectivity index (χ1) is 9.36. The third-order valence-electron chi connectivity index (χ3n) is 3.81. The molecule has 100 valence electrons. The number of piperidine rings is 1. The minimum Gasteiger partial charge on any atom is -0.372 e. The van der Waals surface area contributed by atoms with E-state index in [4.69, 9.17) is 0 Å². The van der Waals surface area contributed by atoms with Gasteiger partial charge in [-0.05, 0) is 50.6 Å². The van der Waals surface area contributed by atoms with Crippen molar-refractivity contribution in [2.75, 3.05) is 25.0 Å². The number of nitrogens with zero attached hydrogens (tertiary/aromatic N) is 2. The van der Waals surface area contributed by atoms with Gasteiger partial charge in [-0.2, -0.15) is 0 Å². The topological polar surface area (TPSA) is 28.2 Å². The number of aromatic nitrogens is 1. The molecule has 0 radical (unpaired) electrons. The maximum Gasteiger partial charge on any atom is 0.0707 e. The predicted octanol–water partition coefficient (Wildman–Crippen LogP) is 2.94. The Bertz CT molecular complexity index is 559. The molecular formula is C16H21N3. The van der Waals surface area contributed by atoms with Crippen LogP contribution in [0.5, 0.6) is 0 Å². The van der Waals surface area contributed by atoms with Crippen molar-refractivity contribution in [3.05, 3.63) is 36.0 Å². The van der Waals surface area contributed by atoms with Crippen LogP contribution >= 0.6 is 0 Å². The molecule has 0 aliphatic carbocycles. The molecule has 1 aliphatic rings. The lowest BCUT2D eigenvalue weighted by atomic mass is 10.1. The maximum atomic E-state index is 4.67. The number of fused-ring (bicyclic) bond motifs is 1. The summed E-state index contributed by atoms with van der Waals surface area (Å²) in [5.41, 5.74) is 3.53. The Hall–Kier alpha value is -1.61. The average Bonchev–Trinajstić information content (AvgIpc) is 2.48.